The van der Waals surface area contributed by atoms with E-state index in [0.29, 0.717) is 22.6 Å². The summed E-state index contributed by atoms with van der Waals surface area (Å²) in [4.78, 5) is 0. The lowest BCUT2D eigenvalue weighted by molar-refractivity contribution is -0.293. The minimum absolute atomic E-state index is 0.0980. The molecule has 16 heavy (non-hydrogen) atoms. The van der Waals surface area contributed by atoms with E-state index in [-0.39, 0.29) is 6.92 Å². The first-order valence-electron chi connectivity index (χ1n) is 3.91. The number of halogens is 7. The lowest BCUT2D eigenvalue weighted by Gasteiger charge is -2.39. The molecule has 9 heteroatoms. The number of aliphatic hydroxyl groups is 2. The fourth-order valence-corrected chi connectivity index (χ4v) is 1.16. The molecule has 0 aromatic heterocycles. The summed E-state index contributed by atoms with van der Waals surface area (Å²) in [5.74, 6) is -10.6. The van der Waals surface area contributed by atoms with Crippen LogP contribution in [0.1, 0.15) is 6.92 Å². The molecule has 0 saturated heterocycles. The van der Waals surface area contributed by atoms with Crippen molar-refractivity contribution in [2.24, 2.45) is 0 Å². The van der Waals surface area contributed by atoms with Gasteiger partial charge in [-0.05, 0) is 29.5 Å². The largest absolute Gasteiger partial charge is 0.392 e. The smallest absolute Gasteiger partial charge is 0.349 e. The normalized spacial score (nSPS) is 21.4. The first-order valence-corrected chi connectivity index (χ1v) is 4.99. The molecule has 98 valence electrons. The lowest BCUT2D eigenvalue weighted by atomic mass is 9.90. The van der Waals surface area contributed by atoms with E-state index < -0.39 is 34.4 Å². The molecule has 0 saturated carbocycles. The van der Waals surface area contributed by atoms with Gasteiger partial charge >= 0.3 is 11.8 Å². The van der Waals surface area contributed by atoms with Crippen LogP contribution in [0, 0.1) is 0 Å². The average molecular weight is 366 g/mol. The van der Waals surface area contributed by atoms with Crippen molar-refractivity contribution in [3.8, 4) is 0 Å². The fraction of sp³-hybridized carbons (Fsp3) is 1.00. The van der Waals surface area contributed by atoms with E-state index in [0.717, 1.165) is 0 Å². The van der Waals surface area contributed by atoms with Gasteiger partial charge in [-0.1, -0.05) is 0 Å². The summed E-state index contributed by atoms with van der Waals surface area (Å²) >= 11 is 0.477. The Hall–Kier alpha value is 0.230. The Morgan fingerprint density at radius 2 is 1.31 bits per heavy atom. The predicted molar refractivity (Wildman–Crippen MR) is 51.4 cm³/mol. The highest BCUT2D eigenvalue weighted by atomic mass is 127. The van der Waals surface area contributed by atoms with Gasteiger partial charge in [0.2, 0.25) is 9.34 Å². The van der Waals surface area contributed by atoms with Crippen molar-refractivity contribution in [1.29, 1.82) is 0 Å². The summed E-state index contributed by atoms with van der Waals surface area (Å²) in [7, 11) is 0. The van der Waals surface area contributed by atoms with Crippen LogP contribution < -0.4 is 0 Å². The second kappa shape index (κ2) is 4.48. The molecule has 0 aliphatic heterocycles. The molecule has 2 unspecified atom stereocenters. The molecule has 0 aliphatic rings. The monoisotopic (exact) mass is 366 g/mol. The van der Waals surface area contributed by atoms with Gasteiger partial charge in [0.1, 0.15) is 6.61 Å². The molecule has 2 atom stereocenters. The Kier molecular flexibility index (Phi) is 4.55. The second-order valence-corrected chi connectivity index (χ2v) is 5.01. The molecule has 0 bridgehead atoms. The fourth-order valence-electron chi connectivity index (χ4n) is 0.821. The Morgan fingerprint density at radius 3 is 1.56 bits per heavy atom. The van der Waals surface area contributed by atoms with Crippen LogP contribution >= 0.6 is 22.6 Å². The van der Waals surface area contributed by atoms with Crippen LogP contribution in [0.2, 0.25) is 0 Å². The van der Waals surface area contributed by atoms with Gasteiger partial charge in [0.15, 0.2) is 0 Å². The summed E-state index contributed by atoms with van der Waals surface area (Å²) in [5.41, 5.74) is -4.35. The molecule has 0 fully saturated rings. The van der Waals surface area contributed by atoms with Crippen LogP contribution in [-0.4, -0.2) is 44.6 Å². The van der Waals surface area contributed by atoms with Gasteiger partial charge in [0.25, 0.3) is 0 Å². The van der Waals surface area contributed by atoms with E-state index >= 15 is 0 Å². The number of hydrogen-bond acceptors (Lipinski definition) is 2. The number of rotatable bonds is 5. The quantitative estimate of drug-likeness (QED) is 0.445. The third-order valence-corrected chi connectivity index (χ3v) is 3.49. The van der Waals surface area contributed by atoms with Crippen LogP contribution in [0.3, 0.4) is 0 Å². The Bertz CT molecular complexity index is 229. The van der Waals surface area contributed by atoms with Gasteiger partial charge in [-0.15, -0.1) is 0 Å². The maximum Gasteiger partial charge on any atom is 0.349 e. The molecular formula is C7H9F6IO2. The van der Waals surface area contributed by atoms with Gasteiger partial charge < -0.3 is 10.2 Å². The molecule has 2 N–H and O–H groups in total. The Labute approximate surface area is 101 Å². The average Bonchev–Trinajstić information content (AvgIpc) is 2.16. The lowest BCUT2D eigenvalue weighted by Crippen LogP contribution is -2.64. The van der Waals surface area contributed by atoms with Gasteiger partial charge in [-0.25, -0.2) is 8.78 Å². The van der Waals surface area contributed by atoms with Crippen molar-refractivity contribution in [3.05, 3.63) is 0 Å². The number of hydrogen-bond donors (Lipinski definition) is 2. The van der Waals surface area contributed by atoms with Crippen LogP contribution in [0.15, 0.2) is 0 Å². The molecule has 0 radical (unpaired) electrons. The zero-order chi connectivity index (χ0) is 13.4. The number of alkyl halides is 7. The van der Waals surface area contributed by atoms with E-state index in [1.54, 1.807) is 0 Å². The summed E-state index contributed by atoms with van der Waals surface area (Å²) in [6.07, 6.45) is 0. The molecule has 0 aliphatic carbocycles. The summed E-state index contributed by atoms with van der Waals surface area (Å²) in [6, 6.07) is 0. The third-order valence-electron chi connectivity index (χ3n) is 2.13. The van der Waals surface area contributed by atoms with E-state index in [2.05, 4.69) is 0 Å². The van der Waals surface area contributed by atoms with Crippen molar-refractivity contribution in [1.82, 2.24) is 0 Å². The topological polar surface area (TPSA) is 40.5 Å². The van der Waals surface area contributed by atoms with Crippen LogP contribution in [0.5, 0.6) is 0 Å². The second-order valence-electron chi connectivity index (χ2n) is 3.30. The number of aliphatic hydroxyl groups excluding tert-OH is 2. The van der Waals surface area contributed by atoms with Gasteiger partial charge in [-0.2, -0.15) is 17.6 Å². The first-order chi connectivity index (χ1) is 6.87. The summed E-state index contributed by atoms with van der Waals surface area (Å²) in [5, 5.41) is 16.4. The van der Waals surface area contributed by atoms with E-state index in [9.17, 15) is 26.3 Å². The first kappa shape index (κ1) is 16.2. The zero-order valence-electron chi connectivity index (χ0n) is 7.95. The van der Waals surface area contributed by atoms with Crippen molar-refractivity contribution >= 4 is 22.6 Å². The van der Waals surface area contributed by atoms with E-state index in [4.69, 9.17) is 10.2 Å². The SMILES string of the molecule is CC(F)(C(F)(I)CO)C(F)(F)C(F)(F)CO. The molecule has 0 amide bonds. The maximum atomic E-state index is 13.4. The molecule has 0 heterocycles. The maximum absolute atomic E-state index is 13.4. The van der Waals surface area contributed by atoms with Crippen LogP contribution in [0.4, 0.5) is 26.3 Å². The highest BCUT2D eigenvalue weighted by Crippen LogP contribution is 2.52. The summed E-state index contributed by atoms with van der Waals surface area (Å²) < 4.78 is 74.3. The molecule has 0 aromatic rings. The Balaban J connectivity index is 5.46. The predicted octanol–water partition coefficient (Wildman–Crippen LogP) is 2.07. The molecule has 0 rings (SSSR count). The highest BCUT2D eigenvalue weighted by molar-refractivity contribution is 14.1. The zero-order valence-corrected chi connectivity index (χ0v) is 10.1. The van der Waals surface area contributed by atoms with Crippen molar-refractivity contribution in [3.63, 3.8) is 0 Å². The Morgan fingerprint density at radius 1 is 0.938 bits per heavy atom. The van der Waals surface area contributed by atoms with Crippen LogP contribution in [0.25, 0.3) is 0 Å². The van der Waals surface area contributed by atoms with Gasteiger partial charge in [0.05, 0.1) is 6.61 Å². The highest BCUT2D eigenvalue weighted by Gasteiger charge is 2.74. The molecule has 0 spiro atoms. The van der Waals surface area contributed by atoms with Crippen molar-refractivity contribution < 1.29 is 36.6 Å². The van der Waals surface area contributed by atoms with Crippen LogP contribution in [-0.2, 0) is 0 Å². The molecule has 2 nitrogen and oxygen atoms in total. The minimum Gasteiger partial charge on any atom is -0.392 e. The summed E-state index contributed by atoms with van der Waals surface area (Å²) in [6.45, 7) is -4.14. The third kappa shape index (κ3) is 2.26. The molecular weight excluding hydrogens is 357 g/mol. The minimum atomic E-state index is -5.46. The van der Waals surface area contributed by atoms with E-state index in [1.807, 2.05) is 0 Å². The standard InChI is InChI=1S/C7H9F6IO2/c1-4(8,6(11,14)3-16)7(12,13)5(9,10)2-15/h15-16H,2-3H2,1H3. The molecule has 0 aromatic carbocycles. The van der Waals surface area contributed by atoms with Gasteiger partial charge in [-0.3, -0.25) is 0 Å². The van der Waals surface area contributed by atoms with E-state index in [1.165, 1.54) is 0 Å². The van der Waals surface area contributed by atoms with Gasteiger partial charge in [0, 0.05) is 0 Å². The van der Waals surface area contributed by atoms with Crippen molar-refractivity contribution in [2.45, 2.75) is 28.1 Å². The van der Waals surface area contributed by atoms with Crippen molar-refractivity contribution in [2.75, 3.05) is 13.2 Å².